The highest BCUT2D eigenvalue weighted by molar-refractivity contribution is 9.10. The molecule has 5 heteroatoms. The number of benzene rings is 4. The lowest BCUT2D eigenvalue weighted by Crippen LogP contribution is -2.29. The number of hydrogen-bond donors (Lipinski definition) is 1. The molecule has 0 fully saturated rings. The summed E-state index contributed by atoms with van der Waals surface area (Å²) in [5.74, 6) is 2.21. The maximum Gasteiger partial charge on any atom is 0.175 e. The second-order valence-corrected chi connectivity index (χ2v) is 10.9. The maximum atomic E-state index is 6.18. The molecule has 0 unspecified atom stereocenters. The van der Waals surface area contributed by atoms with Crippen molar-refractivity contribution in [3.05, 3.63) is 123 Å². The fraction of sp³-hybridized carbons (Fsp3) is 0.188. The Morgan fingerprint density at radius 3 is 2.54 bits per heavy atom. The Labute approximate surface area is 231 Å². The summed E-state index contributed by atoms with van der Waals surface area (Å²) in [4.78, 5) is 0. The third kappa shape index (κ3) is 4.76. The van der Waals surface area contributed by atoms with Gasteiger partial charge < -0.3 is 14.8 Å². The van der Waals surface area contributed by atoms with E-state index in [9.17, 15) is 0 Å². The molecule has 0 bridgehead atoms. The molecular formula is C32H27BrClNO2. The highest BCUT2D eigenvalue weighted by Gasteiger charge is 2.38. The molecule has 0 saturated heterocycles. The van der Waals surface area contributed by atoms with Gasteiger partial charge in [-0.2, -0.15) is 0 Å². The van der Waals surface area contributed by atoms with E-state index in [0.29, 0.717) is 35.0 Å². The standard InChI is InChI=1S/C32H27BrClNO2/c1-36-30-18-23(17-28(33)32(30)37-19-20-10-13-24(34)14-11-20)31-26-9-5-8-25(26)27-16-22(12-15-29(27)35-31)21-6-3-2-4-7-21/h2-8,10-18,25-26,31,35H,9,19H2,1H3/t25-,26+,31-/m0/s1. The van der Waals surface area contributed by atoms with Crippen molar-refractivity contribution < 1.29 is 9.47 Å². The zero-order chi connectivity index (χ0) is 25.4. The van der Waals surface area contributed by atoms with Crippen molar-refractivity contribution in [1.29, 1.82) is 0 Å². The number of rotatable bonds is 6. The van der Waals surface area contributed by atoms with Gasteiger partial charge >= 0.3 is 0 Å². The molecule has 1 N–H and O–H groups in total. The van der Waals surface area contributed by atoms with Crippen molar-refractivity contribution in [2.45, 2.75) is 25.0 Å². The predicted octanol–water partition coefficient (Wildman–Crippen LogP) is 9.18. The number of allylic oxidation sites excluding steroid dienone is 2. The van der Waals surface area contributed by atoms with Gasteiger partial charge in [-0.1, -0.05) is 72.3 Å². The van der Waals surface area contributed by atoms with Crippen LogP contribution >= 0.6 is 27.5 Å². The molecule has 186 valence electrons. The van der Waals surface area contributed by atoms with Crippen LogP contribution in [0.1, 0.15) is 35.1 Å². The Hall–Kier alpha value is -3.21. The lowest BCUT2D eigenvalue weighted by Gasteiger charge is -2.38. The molecule has 0 radical (unpaired) electrons. The zero-order valence-electron chi connectivity index (χ0n) is 20.5. The molecule has 0 spiro atoms. The van der Waals surface area contributed by atoms with Crippen LogP contribution in [0.15, 0.2) is 102 Å². The van der Waals surface area contributed by atoms with E-state index in [1.54, 1.807) is 7.11 Å². The van der Waals surface area contributed by atoms with E-state index in [1.807, 2.05) is 24.3 Å². The smallest absolute Gasteiger partial charge is 0.175 e. The first kappa shape index (κ1) is 24.1. The first-order valence-corrected chi connectivity index (χ1v) is 13.6. The Morgan fingerprint density at radius 1 is 0.946 bits per heavy atom. The zero-order valence-corrected chi connectivity index (χ0v) is 22.8. The monoisotopic (exact) mass is 571 g/mol. The molecular weight excluding hydrogens is 546 g/mol. The van der Waals surface area contributed by atoms with Crippen LogP contribution in [0, 0.1) is 5.92 Å². The topological polar surface area (TPSA) is 30.5 Å². The summed E-state index contributed by atoms with van der Waals surface area (Å²) in [6.07, 6.45) is 5.73. The summed E-state index contributed by atoms with van der Waals surface area (Å²) in [6, 6.07) is 29.5. The highest BCUT2D eigenvalue weighted by atomic mass is 79.9. The highest BCUT2D eigenvalue weighted by Crippen LogP contribution is 2.52. The average molecular weight is 573 g/mol. The number of anilines is 1. The Kier molecular flexibility index (Phi) is 6.71. The number of hydrogen-bond acceptors (Lipinski definition) is 3. The molecule has 4 aromatic carbocycles. The summed E-state index contributed by atoms with van der Waals surface area (Å²) in [5, 5.41) is 4.57. The minimum absolute atomic E-state index is 0.158. The van der Waals surface area contributed by atoms with Crippen LogP contribution in [0.2, 0.25) is 5.02 Å². The van der Waals surface area contributed by atoms with E-state index in [2.05, 4.69) is 94.1 Å². The SMILES string of the molecule is COc1cc([C@@H]2Nc3ccc(-c4ccccc4)cc3[C@H]3C=CC[C@H]32)cc(Br)c1OCc1ccc(Cl)cc1. The molecule has 1 heterocycles. The predicted molar refractivity (Wildman–Crippen MR) is 155 cm³/mol. The summed E-state index contributed by atoms with van der Waals surface area (Å²) in [6.45, 7) is 0.429. The Bertz CT molecular complexity index is 1450. The second-order valence-electron chi connectivity index (χ2n) is 9.59. The Balaban J connectivity index is 1.30. The number of fused-ring (bicyclic) bond motifs is 3. The molecule has 0 aromatic heterocycles. The van der Waals surface area contributed by atoms with Crippen molar-refractivity contribution >= 4 is 33.2 Å². The van der Waals surface area contributed by atoms with E-state index < -0.39 is 0 Å². The molecule has 3 nitrogen and oxygen atoms in total. The van der Waals surface area contributed by atoms with E-state index in [4.69, 9.17) is 21.1 Å². The van der Waals surface area contributed by atoms with Crippen LogP contribution in [0.5, 0.6) is 11.5 Å². The van der Waals surface area contributed by atoms with Crippen molar-refractivity contribution in [3.63, 3.8) is 0 Å². The summed E-state index contributed by atoms with van der Waals surface area (Å²) >= 11 is 9.78. The van der Waals surface area contributed by atoms with Crippen molar-refractivity contribution in [2.24, 2.45) is 5.92 Å². The lowest BCUT2D eigenvalue weighted by atomic mass is 9.76. The van der Waals surface area contributed by atoms with Crippen molar-refractivity contribution in [2.75, 3.05) is 12.4 Å². The second kappa shape index (κ2) is 10.3. The number of nitrogens with one attached hydrogen (secondary N) is 1. The van der Waals surface area contributed by atoms with Crippen LogP contribution in [-0.4, -0.2) is 7.11 Å². The first-order valence-electron chi connectivity index (χ1n) is 12.5. The molecule has 4 aromatic rings. The first-order chi connectivity index (χ1) is 18.1. The van der Waals surface area contributed by atoms with E-state index in [-0.39, 0.29) is 6.04 Å². The van der Waals surface area contributed by atoms with Gasteiger partial charge in [0, 0.05) is 16.6 Å². The van der Waals surface area contributed by atoms with E-state index in [1.165, 1.54) is 27.9 Å². The van der Waals surface area contributed by atoms with Gasteiger partial charge in [0.25, 0.3) is 0 Å². The molecule has 6 rings (SSSR count). The van der Waals surface area contributed by atoms with Crippen LogP contribution in [0.4, 0.5) is 5.69 Å². The lowest BCUT2D eigenvalue weighted by molar-refractivity contribution is 0.282. The van der Waals surface area contributed by atoms with Crippen LogP contribution in [-0.2, 0) is 6.61 Å². The minimum atomic E-state index is 0.158. The number of methoxy groups -OCH3 is 1. The maximum absolute atomic E-state index is 6.18. The molecule has 0 saturated carbocycles. The minimum Gasteiger partial charge on any atom is -0.493 e. The normalized spacial score (nSPS) is 19.6. The van der Waals surface area contributed by atoms with Crippen molar-refractivity contribution in [3.8, 4) is 22.6 Å². The van der Waals surface area contributed by atoms with E-state index in [0.717, 1.165) is 16.5 Å². The fourth-order valence-corrected chi connectivity index (χ4v) is 6.23. The van der Waals surface area contributed by atoms with Crippen molar-refractivity contribution in [1.82, 2.24) is 0 Å². The van der Waals surface area contributed by atoms with Gasteiger partial charge in [0.1, 0.15) is 6.61 Å². The van der Waals surface area contributed by atoms with Crippen LogP contribution < -0.4 is 14.8 Å². The van der Waals surface area contributed by atoms with E-state index >= 15 is 0 Å². The molecule has 1 aliphatic carbocycles. The molecule has 1 aliphatic heterocycles. The molecule has 37 heavy (non-hydrogen) atoms. The number of halogens is 2. The largest absolute Gasteiger partial charge is 0.493 e. The quantitative estimate of drug-likeness (QED) is 0.234. The van der Waals surface area contributed by atoms with Crippen LogP contribution in [0.25, 0.3) is 11.1 Å². The summed E-state index contributed by atoms with van der Waals surface area (Å²) in [7, 11) is 1.69. The number of ether oxygens (including phenoxy) is 2. The molecule has 0 amide bonds. The van der Waals surface area contributed by atoms with Gasteiger partial charge in [-0.15, -0.1) is 0 Å². The summed E-state index contributed by atoms with van der Waals surface area (Å²) < 4.78 is 12.8. The third-order valence-corrected chi connectivity index (χ3v) is 8.22. The van der Waals surface area contributed by atoms with Crippen LogP contribution in [0.3, 0.4) is 0 Å². The Morgan fingerprint density at radius 2 is 1.76 bits per heavy atom. The molecule has 2 aliphatic rings. The average Bonchev–Trinajstić information content (AvgIpc) is 3.43. The summed E-state index contributed by atoms with van der Waals surface area (Å²) in [5.41, 5.74) is 7.28. The van der Waals surface area contributed by atoms with Gasteiger partial charge in [-0.3, -0.25) is 0 Å². The third-order valence-electron chi connectivity index (χ3n) is 7.38. The van der Waals surface area contributed by atoms with Gasteiger partial charge in [0.05, 0.1) is 17.6 Å². The van der Waals surface area contributed by atoms with Gasteiger partial charge in [-0.05, 0) is 92.5 Å². The fourth-order valence-electron chi connectivity index (χ4n) is 5.53. The van der Waals surface area contributed by atoms with Gasteiger partial charge in [0.15, 0.2) is 11.5 Å². The van der Waals surface area contributed by atoms with Gasteiger partial charge in [0.2, 0.25) is 0 Å². The molecule has 3 atom stereocenters. The van der Waals surface area contributed by atoms with Gasteiger partial charge in [-0.25, -0.2) is 0 Å².